The minimum atomic E-state index is -3.25. The summed E-state index contributed by atoms with van der Waals surface area (Å²) < 4.78 is 23.5. The number of anilines is 1. The van der Waals surface area contributed by atoms with E-state index in [1.54, 1.807) is 7.05 Å². The molecule has 0 unspecified atom stereocenters. The maximum atomic E-state index is 11.7. The van der Waals surface area contributed by atoms with E-state index in [1.165, 1.54) is 6.26 Å². The molecule has 0 saturated carbocycles. The fraction of sp³-hybridized carbons (Fsp3) is 0.545. The highest BCUT2D eigenvalue weighted by atomic mass is 32.2. The van der Waals surface area contributed by atoms with Gasteiger partial charge in [0.05, 0.1) is 0 Å². The first-order chi connectivity index (χ1) is 7.32. The number of hydrogen-bond acceptors (Lipinski definition) is 4. The molecule has 5 heteroatoms. The fourth-order valence-electron chi connectivity index (χ4n) is 2.02. The Balaban J connectivity index is 3.70. The predicted octanol–water partition coefficient (Wildman–Crippen LogP) is 1.71. The minimum Gasteiger partial charge on any atom is -0.372 e. The van der Waals surface area contributed by atoms with Gasteiger partial charge in [-0.15, -0.1) is 0 Å². The third-order valence-electron chi connectivity index (χ3n) is 2.69. The lowest BCUT2D eigenvalue weighted by Gasteiger charge is -2.15. The summed E-state index contributed by atoms with van der Waals surface area (Å²) >= 11 is 0. The number of aryl methyl sites for hydroxylation is 1. The van der Waals surface area contributed by atoms with E-state index in [2.05, 4.69) is 10.3 Å². The molecule has 0 amide bonds. The molecule has 0 aliphatic carbocycles. The largest absolute Gasteiger partial charge is 0.372 e. The van der Waals surface area contributed by atoms with Crippen LogP contribution in [0.1, 0.15) is 23.7 Å². The summed E-state index contributed by atoms with van der Waals surface area (Å²) in [6, 6.07) is 0. The van der Waals surface area contributed by atoms with Crippen molar-refractivity contribution in [2.75, 3.05) is 18.6 Å². The standard InChI is InChI=1S/C11H18N2O2S/c1-6-9-7(2)10(16(5,14)15)11(12-4)13-8(9)3/h6H2,1-5H3,(H,12,13). The molecule has 1 N–H and O–H groups in total. The van der Waals surface area contributed by atoms with Crippen LogP contribution < -0.4 is 5.32 Å². The summed E-state index contributed by atoms with van der Waals surface area (Å²) in [5, 5.41) is 2.84. The zero-order chi connectivity index (χ0) is 12.5. The Morgan fingerprint density at radius 2 is 1.88 bits per heavy atom. The molecule has 0 aliphatic heterocycles. The van der Waals surface area contributed by atoms with Crippen LogP contribution in [0.2, 0.25) is 0 Å². The van der Waals surface area contributed by atoms with Crippen molar-refractivity contribution in [2.45, 2.75) is 32.1 Å². The van der Waals surface area contributed by atoms with Gasteiger partial charge in [0.25, 0.3) is 0 Å². The maximum Gasteiger partial charge on any atom is 0.179 e. The van der Waals surface area contributed by atoms with Crippen molar-refractivity contribution >= 4 is 15.7 Å². The molecule has 0 fully saturated rings. The number of sulfone groups is 1. The topological polar surface area (TPSA) is 59.1 Å². The van der Waals surface area contributed by atoms with Crippen molar-refractivity contribution < 1.29 is 8.42 Å². The zero-order valence-corrected chi connectivity index (χ0v) is 11.2. The summed E-state index contributed by atoms with van der Waals surface area (Å²) in [6.45, 7) is 5.74. The highest BCUT2D eigenvalue weighted by Crippen LogP contribution is 2.27. The number of nitrogens with zero attached hydrogens (tertiary/aromatic N) is 1. The Hall–Kier alpha value is -1.10. The highest BCUT2D eigenvalue weighted by molar-refractivity contribution is 7.91. The lowest BCUT2D eigenvalue weighted by molar-refractivity contribution is 0.601. The van der Waals surface area contributed by atoms with Crippen molar-refractivity contribution in [1.29, 1.82) is 0 Å². The highest BCUT2D eigenvalue weighted by Gasteiger charge is 2.20. The van der Waals surface area contributed by atoms with Crippen molar-refractivity contribution in [3.63, 3.8) is 0 Å². The van der Waals surface area contributed by atoms with Gasteiger partial charge in [0, 0.05) is 19.0 Å². The molecule has 0 bridgehead atoms. The van der Waals surface area contributed by atoms with Gasteiger partial charge in [-0.3, -0.25) is 0 Å². The number of hydrogen-bond donors (Lipinski definition) is 1. The zero-order valence-electron chi connectivity index (χ0n) is 10.4. The second kappa shape index (κ2) is 4.41. The van der Waals surface area contributed by atoms with Gasteiger partial charge in [0.1, 0.15) is 10.7 Å². The summed E-state index contributed by atoms with van der Waals surface area (Å²) in [5.41, 5.74) is 2.71. The Labute approximate surface area is 97.0 Å². The molecule has 4 nitrogen and oxygen atoms in total. The van der Waals surface area contributed by atoms with Crippen LogP contribution in [0.5, 0.6) is 0 Å². The Morgan fingerprint density at radius 3 is 2.25 bits per heavy atom. The Kier molecular flexibility index (Phi) is 3.57. The molecule has 0 atom stereocenters. The summed E-state index contributed by atoms with van der Waals surface area (Å²) in [4.78, 5) is 4.62. The molecule has 0 aromatic carbocycles. The lowest BCUT2D eigenvalue weighted by Crippen LogP contribution is -2.11. The lowest BCUT2D eigenvalue weighted by atomic mass is 10.1. The molecule has 90 valence electrons. The smallest absolute Gasteiger partial charge is 0.179 e. The van der Waals surface area contributed by atoms with Crippen LogP contribution in [0.15, 0.2) is 4.90 Å². The van der Waals surface area contributed by atoms with Gasteiger partial charge in [-0.05, 0) is 31.4 Å². The van der Waals surface area contributed by atoms with Crippen LogP contribution in [0.25, 0.3) is 0 Å². The quantitative estimate of drug-likeness (QED) is 0.876. The summed E-state index contributed by atoms with van der Waals surface area (Å²) in [6.07, 6.45) is 2.00. The van der Waals surface area contributed by atoms with Gasteiger partial charge < -0.3 is 5.32 Å². The maximum absolute atomic E-state index is 11.7. The van der Waals surface area contributed by atoms with Gasteiger partial charge in [-0.1, -0.05) is 6.92 Å². The summed E-state index contributed by atoms with van der Waals surface area (Å²) in [5.74, 6) is 0.440. The van der Waals surface area contributed by atoms with E-state index in [-0.39, 0.29) is 0 Å². The Bertz CT molecular complexity index is 507. The number of rotatable bonds is 3. The molecular formula is C11H18N2O2S. The minimum absolute atomic E-state index is 0.317. The molecule has 16 heavy (non-hydrogen) atoms. The molecule has 0 radical (unpaired) electrons. The second-order valence-corrected chi connectivity index (χ2v) is 5.81. The fourth-order valence-corrected chi connectivity index (χ4v) is 3.19. The van der Waals surface area contributed by atoms with E-state index in [0.29, 0.717) is 10.7 Å². The molecule has 1 aromatic rings. The molecular weight excluding hydrogens is 224 g/mol. The van der Waals surface area contributed by atoms with Gasteiger partial charge >= 0.3 is 0 Å². The van der Waals surface area contributed by atoms with Crippen molar-refractivity contribution in [3.8, 4) is 0 Å². The predicted molar refractivity (Wildman–Crippen MR) is 65.7 cm³/mol. The van der Waals surface area contributed by atoms with Crippen LogP contribution in [-0.4, -0.2) is 26.7 Å². The first-order valence-electron chi connectivity index (χ1n) is 5.20. The third kappa shape index (κ3) is 2.19. The SMILES string of the molecule is CCc1c(C)nc(NC)c(S(C)(=O)=O)c1C. The number of nitrogens with one attached hydrogen (secondary N) is 1. The molecule has 1 aromatic heterocycles. The molecule has 0 aliphatic rings. The van der Waals surface area contributed by atoms with Gasteiger partial charge in [0.2, 0.25) is 0 Å². The van der Waals surface area contributed by atoms with Crippen LogP contribution >= 0.6 is 0 Å². The summed E-state index contributed by atoms with van der Waals surface area (Å²) in [7, 11) is -1.57. The number of pyridine rings is 1. The molecule has 0 saturated heterocycles. The van der Waals surface area contributed by atoms with Crippen molar-refractivity contribution in [3.05, 3.63) is 16.8 Å². The van der Waals surface area contributed by atoms with Crippen LogP contribution in [0.4, 0.5) is 5.82 Å². The van der Waals surface area contributed by atoms with Crippen molar-refractivity contribution in [1.82, 2.24) is 4.98 Å². The first kappa shape index (κ1) is 13.0. The molecule has 0 spiro atoms. The second-order valence-electron chi connectivity index (χ2n) is 3.85. The van der Waals surface area contributed by atoms with Gasteiger partial charge in [0.15, 0.2) is 9.84 Å². The van der Waals surface area contributed by atoms with Crippen LogP contribution in [-0.2, 0) is 16.3 Å². The van der Waals surface area contributed by atoms with Crippen LogP contribution in [0.3, 0.4) is 0 Å². The average molecular weight is 242 g/mol. The van der Waals surface area contributed by atoms with Crippen LogP contribution in [0, 0.1) is 13.8 Å². The van der Waals surface area contributed by atoms with Crippen molar-refractivity contribution in [2.24, 2.45) is 0 Å². The molecule has 1 heterocycles. The van der Waals surface area contributed by atoms with E-state index in [1.807, 2.05) is 20.8 Å². The van der Waals surface area contributed by atoms with Gasteiger partial charge in [-0.25, -0.2) is 13.4 Å². The number of aromatic nitrogens is 1. The van der Waals surface area contributed by atoms with E-state index in [0.717, 1.165) is 23.2 Å². The van der Waals surface area contributed by atoms with E-state index < -0.39 is 9.84 Å². The average Bonchev–Trinajstić information content (AvgIpc) is 2.15. The third-order valence-corrected chi connectivity index (χ3v) is 3.93. The molecule has 1 rings (SSSR count). The monoisotopic (exact) mass is 242 g/mol. The van der Waals surface area contributed by atoms with E-state index in [9.17, 15) is 8.42 Å². The first-order valence-corrected chi connectivity index (χ1v) is 7.09. The van der Waals surface area contributed by atoms with Gasteiger partial charge in [-0.2, -0.15) is 0 Å². The van der Waals surface area contributed by atoms with E-state index in [4.69, 9.17) is 0 Å². The Morgan fingerprint density at radius 1 is 1.31 bits per heavy atom. The normalized spacial score (nSPS) is 11.6. The van der Waals surface area contributed by atoms with E-state index >= 15 is 0 Å².